The Morgan fingerprint density at radius 2 is 2.00 bits per heavy atom. The molecule has 17 heavy (non-hydrogen) atoms. The summed E-state index contributed by atoms with van der Waals surface area (Å²) in [4.78, 5) is 15.8. The smallest absolute Gasteiger partial charge is 0.357 e. The second-order valence-electron chi connectivity index (χ2n) is 4.38. The molecule has 4 heteroatoms. The highest BCUT2D eigenvalue weighted by Crippen LogP contribution is 2.21. The molecule has 1 aromatic heterocycles. The fraction of sp³-hybridized carbons (Fsp3) is 0.538. The van der Waals surface area contributed by atoms with Gasteiger partial charge < -0.3 is 4.74 Å². The highest BCUT2D eigenvalue weighted by Gasteiger charge is 2.18. The number of carbonyl (C=O) groups is 1. The normalized spacial score (nSPS) is 17.5. The van der Waals surface area contributed by atoms with Gasteiger partial charge in [0.15, 0.2) is 0 Å². The summed E-state index contributed by atoms with van der Waals surface area (Å²) in [5.74, 6) is -0.362. The van der Waals surface area contributed by atoms with Crippen molar-refractivity contribution in [3.05, 3.63) is 29.0 Å². The van der Waals surface area contributed by atoms with Crippen molar-refractivity contribution < 1.29 is 9.53 Å². The maximum Gasteiger partial charge on any atom is 0.357 e. The average molecular weight is 254 g/mol. The van der Waals surface area contributed by atoms with Crippen LogP contribution < -0.4 is 0 Å². The maximum absolute atomic E-state index is 11.8. The van der Waals surface area contributed by atoms with E-state index in [0.717, 1.165) is 25.7 Å². The number of nitrogens with zero attached hydrogens (tertiary/aromatic N) is 1. The molecule has 0 amide bonds. The largest absolute Gasteiger partial charge is 0.458 e. The van der Waals surface area contributed by atoms with E-state index in [1.807, 2.05) is 0 Å². The molecule has 0 aliphatic heterocycles. The molecule has 0 aromatic carbocycles. The van der Waals surface area contributed by atoms with Crippen LogP contribution in [0.5, 0.6) is 0 Å². The Balaban J connectivity index is 1.96. The third-order valence-corrected chi connectivity index (χ3v) is 3.24. The minimum atomic E-state index is -0.362. The Morgan fingerprint density at radius 3 is 2.65 bits per heavy atom. The van der Waals surface area contributed by atoms with Gasteiger partial charge in [-0.25, -0.2) is 9.78 Å². The van der Waals surface area contributed by atoms with Crippen LogP contribution in [0.25, 0.3) is 0 Å². The van der Waals surface area contributed by atoms with Gasteiger partial charge in [-0.1, -0.05) is 24.4 Å². The highest BCUT2D eigenvalue weighted by molar-refractivity contribution is 6.30. The fourth-order valence-electron chi connectivity index (χ4n) is 2.09. The topological polar surface area (TPSA) is 39.2 Å². The number of rotatable bonds is 2. The summed E-state index contributed by atoms with van der Waals surface area (Å²) in [6.07, 6.45) is 8.25. The number of ether oxygens (including phenoxy) is 1. The lowest BCUT2D eigenvalue weighted by molar-refractivity contribution is 0.0260. The van der Waals surface area contributed by atoms with Crippen LogP contribution in [-0.2, 0) is 4.74 Å². The number of halogens is 1. The van der Waals surface area contributed by atoms with Gasteiger partial charge in [0.1, 0.15) is 11.8 Å². The van der Waals surface area contributed by atoms with Crippen molar-refractivity contribution in [3.8, 4) is 0 Å². The van der Waals surface area contributed by atoms with E-state index in [0.29, 0.717) is 10.7 Å². The minimum Gasteiger partial charge on any atom is -0.458 e. The third-order valence-electron chi connectivity index (χ3n) is 3.01. The van der Waals surface area contributed by atoms with Crippen LogP contribution in [0, 0.1) is 0 Å². The molecule has 0 saturated heterocycles. The van der Waals surface area contributed by atoms with Crippen LogP contribution in [0.3, 0.4) is 0 Å². The summed E-state index contributed by atoms with van der Waals surface area (Å²) < 4.78 is 5.45. The molecule has 0 bridgehead atoms. The van der Waals surface area contributed by atoms with Crippen molar-refractivity contribution in [1.29, 1.82) is 0 Å². The monoisotopic (exact) mass is 253 g/mol. The lowest BCUT2D eigenvalue weighted by Gasteiger charge is -2.14. The van der Waals surface area contributed by atoms with E-state index in [1.165, 1.54) is 19.0 Å². The first-order valence-electron chi connectivity index (χ1n) is 6.08. The van der Waals surface area contributed by atoms with Crippen molar-refractivity contribution in [1.82, 2.24) is 4.98 Å². The van der Waals surface area contributed by atoms with Gasteiger partial charge in [-0.05, 0) is 37.8 Å². The van der Waals surface area contributed by atoms with Gasteiger partial charge in [-0.15, -0.1) is 0 Å². The summed E-state index contributed by atoms with van der Waals surface area (Å²) in [6, 6.07) is 3.19. The molecule has 0 atom stereocenters. The standard InChI is InChI=1S/C13H16ClNO2/c14-10-7-8-15-12(9-10)13(16)17-11-5-3-1-2-4-6-11/h7-9,11H,1-6H2. The Morgan fingerprint density at radius 1 is 1.29 bits per heavy atom. The highest BCUT2D eigenvalue weighted by atomic mass is 35.5. The second-order valence-corrected chi connectivity index (χ2v) is 4.81. The molecular weight excluding hydrogens is 238 g/mol. The Labute approximate surface area is 106 Å². The van der Waals surface area contributed by atoms with E-state index in [2.05, 4.69) is 4.98 Å². The fourth-order valence-corrected chi connectivity index (χ4v) is 2.25. The number of hydrogen-bond donors (Lipinski definition) is 0. The van der Waals surface area contributed by atoms with E-state index in [9.17, 15) is 4.79 Å². The molecule has 1 fully saturated rings. The number of esters is 1. The van der Waals surface area contributed by atoms with Crippen molar-refractivity contribution in [3.63, 3.8) is 0 Å². The molecule has 1 aromatic rings. The Hall–Kier alpha value is -1.09. The summed E-state index contributed by atoms with van der Waals surface area (Å²) in [5, 5.41) is 0.507. The van der Waals surface area contributed by atoms with Gasteiger partial charge in [0.2, 0.25) is 0 Å². The molecule has 1 heterocycles. The molecule has 0 radical (unpaired) electrons. The molecule has 0 unspecified atom stereocenters. The maximum atomic E-state index is 11.8. The number of hydrogen-bond acceptors (Lipinski definition) is 3. The number of carbonyl (C=O) groups excluding carboxylic acids is 1. The van der Waals surface area contributed by atoms with Gasteiger partial charge in [0.05, 0.1) is 0 Å². The summed E-state index contributed by atoms with van der Waals surface area (Å²) in [6.45, 7) is 0. The van der Waals surface area contributed by atoms with Gasteiger partial charge in [-0.2, -0.15) is 0 Å². The predicted octanol–water partition coefficient (Wildman–Crippen LogP) is 3.61. The molecule has 1 aliphatic rings. The first-order valence-corrected chi connectivity index (χ1v) is 6.46. The first kappa shape index (κ1) is 12.4. The van der Waals surface area contributed by atoms with Gasteiger partial charge in [0.25, 0.3) is 0 Å². The number of aromatic nitrogens is 1. The number of pyridine rings is 1. The lowest BCUT2D eigenvalue weighted by atomic mass is 10.1. The van der Waals surface area contributed by atoms with E-state index in [-0.39, 0.29) is 12.1 Å². The Kier molecular flexibility index (Phi) is 4.37. The molecule has 3 nitrogen and oxygen atoms in total. The van der Waals surface area contributed by atoms with Crippen LogP contribution in [0.2, 0.25) is 5.02 Å². The Bertz CT molecular complexity index is 387. The summed E-state index contributed by atoms with van der Waals surface area (Å²) in [7, 11) is 0. The van der Waals surface area contributed by atoms with Crippen LogP contribution in [0.4, 0.5) is 0 Å². The van der Waals surface area contributed by atoms with Gasteiger partial charge in [-0.3, -0.25) is 0 Å². The lowest BCUT2D eigenvalue weighted by Crippen LogP contribution is -2.18. The van der Waals surface area contributed by atoms with Crippen LogP contribution >= 0.6 is 11.6 Å². The van der Waals surface area contributed by atoms with Crippen molar-refractivity contribution in [2.24, 2.45) is 0 Å². The van der Waals surface area contributed by atoms with Crippen molar-refractivity contribution >= 4 is 17.6 Å². The predicted molar refractivity (Wildman–Crippen MR) is 66.2 cm³/mol. The van der Waals surface area contributed by atoms with E-state index in [4.69, 9.17) is 16.3 Å². The molecule has 0 N–H and O–H groups in total. The van der Waals surface area contributed by atoms with Gasteiger partial charge in [0, 0.05) is 11.2 Å². The van der Waals surface area contributed by atoms with Crippen molar-refractivity contribution in [2.45, 2.75) is 44.6 Å². The van der Waals surface area contributed by atoms with E-state index in [1.54, 1.807) is 12.1 Å². The molecular formula is C13H16ClNO2. The minimum absolute atomic E-state index is 0.0470. The van der Waals surface area contributed by atoms with E-state index < -0.39 is 0 Å². The SMILES string of the molecule is O=C(OC1CCCCCC1)c1cc(Cl)ccn1. The zero-order valence-electron chi connectivity index (χ0n) is 9.69. The van der Waals surface area contributed by atoms with Gasteiger partial charge >= 0.3 is 5.97 Å². The summed E-state index contributed by atoms with van der Waals surface area (Å²) >= 11 is 5.81. The summed E-state index contributed by atoms with van der Waals surface area (Å²) in [5.41, 5.74) is 0.293. The third kappa shape index (κ3) is 3.70. The quantitative estimate of drug-likeness (QED) is 0.597. The van der Waals surface area contributed by atoms with Crippen LogP contribution in [0.15, 0.2) is 18.3 Å². The second kappa shape index (κ2) is 6.01. The molecule has 92 valence electrons. The molecule has 1 aliphatic carbocycles. The molecule has 1 saturated carbocycles. The van der Waals surface area contributed by atoms with E-state index >= 15 is 0 Å². The zero-order valence-corrected chi connectivity index (χ0v) is 10.4. The zero-order chi connectivity index (χ0) is 12.1. The van der Waals surface area contributed by atoms with Crippen LogP contribution in [-0.4, -0.2) is 17.1 Å². The van der Waals surface area contributed by atoms with Crippen molar-refractivity contribution in [2.75, 3.05) is 0 Å². The first-order chi connectivity index (χ1) is 8.25. The average Bonchev–Trinajstić information content (AvgIpc) is 2.57. The van der Waals surface area contributed by atoms with Crippen LogP contribution in [0.1, 0.15) is 49.0 Å². The molecule has 0 spiro atoms. The molecule has 2 rings (SSSR count).